The lowest BCUT2D eigenvalue weighted by Gasteiger charge is -2.12. The van der Waals surface area contributed by atoms with E-state index in [4.69, 9.17) is 5.73 Å². The first-order valence-corrected chi connectivity index (χ1v) is 7.00. The van der Waals surface area contributed by atoms with Crippen LogP contribution in [0.2, 0.25) is 0 Å². The van der Waals surface area contributed by atoms with Crippen molar-refractivity contribution in [2.75, 3.05) is 11.1 Å². The van der Waals surface area contributed by atoms with Crippen molar-refractivity contribution in [3.8, 4) is 0 Å². The third-order valence-electron chi connectivity index (χ3n) is 2.90. The maximum Gasteiger partial charge on any atom is 0.416 e. The number of anilines is 2. The summed E-state index contributed by atoms with van der Waals surface area (Å²) in [7, 11) is 0. The van der Waals surface area contributed by atoms with Crippen molar-refractivity contribution in [3.05, 3.63) is 45.6 Å². The minimum Gasteiger partial charge on any atom is -0.397 e. The highest BCUT2D eigenvalue weighted by Crippen LogP contribution is 2.33. The van der Waals surface area contributed by atoms with Crippen LogP contribution in [0.15, 0.2) is 30.3 Å². The molecule has 0 spiro atoms. The summed E-state index contributed by atoms with van der Waals surface area (Å²) in [6.45, 7) is 2.64. The summed E-state index contributed by atoms with van der Waals surface area (Å²) < 4.78 is 37.6. The fourth-order valence-electron chi connectivity index (χ4n) is 1.79. The van der Waals surface area contributed by atoms with Crippen LogP contribution in [-0.4, -0.2) is 0 Å². The van der Waals surface area contributed by atoms with Crippen molar-refractivity contribution in [3.63, 3.8) is 0 Å². The highest BCUT2D eigenvalue weighted by molar-refractivity contribution is 7.12. The van der Waals surface area contributed by atoms with E-state index in [-0.39, 0.29) is 5.69 Å². The minimum atomic E-state index is -4.36. The van der Waals surface area contributed by atoms with Gasteiger partial charge in [-0.15, -0.1) is 11.3 Å². The van der Waals surface area contributed by atoms with E-state index in [1.807, 2.05) is 6.07 Å². The Balaban J connectivity index is 2.06. The number of nitrogens with two attached hydrogens (primary N) is 1. The molecule has 1 aromatic carbocycles. The molecule has 0 unspecified atom stereocenters. The quantitative estimate of drug-likeness (QED) is 0.814. The van der Waals surface area contributed by atoms with E-state index in [1.165, 1.54) is 10.9 Å². The molecule has 0 atom stereocenters. The van der Waals surface area contributed by atoms with Gasteiger partial charge in [-0.1, -0.05) is 6.92 Å². The monoisotopic (exact) mass is 300 g/mol. The maximum absolute atomic E-state index is 12.5. The predicted molar refractivity (Wildman–Crippen MR) is 76.9 cm³/mol. The normalized spacial score (nSPS) is 11.6. The molecule has 0 radical (unpaired) electrons. The van der Waals surface area contributed by atoms with E-state index in [1.54, 1.807) is 11.3 Å². The van der Waals surface area contributed by atoms with Crippen molar-refractivity contribution in [2.24, 2.45) is 0 Å². The van der Waals surface area contributed by atoms with Crippen LogP contribution in [0.1, 0.15) is 22.2 Å². The van der Waals surface area contributed by atoms with Crippen LogP contribution < -0.4 is 11.1 Å². The molecule has 3 N–H and O–H groups in total. The number of nitrogens with one attached hydrogen (secondary N) is 1. The molecule has 1 aromatic heterocycles. The molecular formula is C14H15F3N2S. The lowest BCUT2D eigenvalue weighted by Crippen LogP contribution is -2.07. The standard InChI is InChI=1S/C14H15F3N2S/c1-2-10-4-5-11(20-10)8-19-13-6-3-9(7-12(13)18)14(15,16)17/h3-7,19H,2,8,18H2,1H3. The third kappa shape index (κ3) is 3.45. The van der Waals surface area contributed by atoms with Crippen molar-refractivity contribution in [1.82, 2.24) is 0 Å². The topological polar surface area (TPSA) is 38.0 Å². The summed E-state index contributed by atoms with van der Waals surface area (Å²) in [6.07, 6.45) is -3.39. The SMILES string of the molecule is CCc1ccc(CNc2ccc(C(F)(F)F)cc2N)s1. The number of thiophene rings is 1. The Bertz CT molecular complexity index is 590. The van der Waals surface area contributed by atoms with Gasteiger partial charge >= 0.3 is 6.18 Å². The number of benzene rings is 1. The number of halogens is 3. The van der Waals surface area contributed by atoms with Crippen molar-refractivity contribution < 1.29 is 13.2 Å². The maximum atomic E-state index is 12.5. The summed E-state index contributed by atoms with van der Waals surface area (Å²) in [5.41, 5.74) is 5.54. The number of hydrogen-bond donors (Lipinski definition) is 2. The Morgan fingerprint density at radius 2 is 1.85 bits per heavy atom. The Morgan fingerprint density at radius 3 is 2.40 bits per heavy atom. The van der Waals surface area contributed by atoms with Gasteiger partial charge in [0, 0.05) is 16.3 Å². The van der Waals surface area contributed by atoms with Gasteiger partial charge in [-0.3, -0.25) is 0 Å². The summed E-state index contributed by atoms with van der Waals surface area (Å²) in [5, 5.41) is 3.06. The van der Waals surface area contributed by atoms with E-state index in [0.29, 0.717) is 12.2 Å². The second-order valence-corrected chi connectivity index (χ2v) is 5.63. The second-order valence-electron chi connectivity index (χ2n) is 4.37. The molecule has 1 heterocycles. The molecule has 0 aliphatic carbocycles. The van der Waals surface area contributed by atoms with Gasteiger partial charge in [-0.05, 0) is 36.8 Å². The van der Waals surface area contributed by atoms with E-state index in [2.05, 4.69) is 18.3 Å². The Morgan fingerprint density at radius 1 is 1.15 bits per heavy atom. The number of alkyl halides is 3. The van der Waals surface area contributed by atoms with Gasteiger partial charge in [-0.2, -0.15) is 13.2 Å². The van der Waals surface area contributed by atoms with E-state index in [9.17, 15) is 13.2 Å². The lowest BCUT2D eigenvalue weighted by atomic mass is 10.1. The van der Waals surface area contributed by atoms with Gasteiger partial charge in [0.1, 0.15) is 0 Å². The van der Waals surface area contributed by atoms with Crippen LogP contribution in [0.5, 0.6) is 0 Å². The first kappa shape index (κ1) is 14.7. The molecular weight excluding hydrogens is 285 g/mol. The minimum absolute atomic E-state index is 0.104. The summed E-state index contributed by atoms with van der Waals surface area (Å²) in [4.78, 5) is 2.41. The van der Waals surface area contributed by atoms with Crippen LogP contribution >= 0.6 is 11.3 Å². The summed E-state index contributed by atoms with van der Waals surface area (Å²) >= 11 is 1.68. The fourth-order valence-corrected chi connectivity index (χ4v) is 2.69. The van der Waals surface area contributed by atoms with Crippen LogP contribution in [0, 0.1) is 0 Å². The molecule has 0 amide bonds. The average Bonchev–Trinajstić information content (AvgIpc) is 2.84. The molecule has 6 heteroatoms. The number of hydrogen-bond acceptors (Lipinski definition) is 3. The van der Waals surface area contributed by atoms with Gasteiger partial charge in [0.05, 0.1) is 16.9 Å². The van der Waals surface area contributed by atoms with Crippen molar-refractivity contribution in [2.45, 2.75) is 26.1 Å². The first-order valence-electron chi connectivity index (χ1n) is 6.18. The van der Waals surface area contributed by atoms with Crippen molar-refractivity contribution >= 4 is 22.7 Å². The number of aryl methyl sites for hydroxylation is 1. The molecule has 0 fully saturated rings. The van der Waals surface area contributed by atoms with E-state index >= 15 is 0 Å². The molecule has 2 nitrogen and oxygen atoms in total. The Hall–Kier alpha value is -1.69. The Labute approximate surface area is 119 Å². The van der Waals surface area contributed by atoms with Gasteiger partial charge in [0.25, 0.3) is 0 Å². The number of rotatable bonds is 4. The molecule has 0 saturated heterocycles. The van der Waals surface area contributed by atoms with Gasteiger partial charge < -0.3 is 11.1 Å². The fraction of sp³-hybridized carbons (Fsp3) is 0.286. The molecule has 0 aliphatic heterocycles. The smallest absolute Gasteiger partial charge is 0.397 e. The molecule has 108 valence electrons. The first-order chi connectivity index (χ1) is 9.40. The molecule has 0 aliphatic rings. The molecule has 20 heavy (non-hydrogen) atoms. The van der Waals surface area contributed by atoms with Crippen LogP contribution in [0.3, 0.4) is 0 Å². The van der Waals surface area contributed by atoms with Crippen LogP contribution in [0.4, 0.5) is 24.5 Å². The van der Waals surface area contributed by atoms with Crippen molar-refractivity contribution in [1.29, 1.82) is 0 Å². The summed E-state index contributed by atoms with van der Waals surface area (Å²) in [6, 6.07) is 7.42. The zero-order valence-electron chi connectivity index (χ0n) is 10.9. The highest BCUT2D eigenvalue weighted by Gasteiger charge is 2.30. The van der Waals surface area contributed by atoms with E-state index < -0.39 is 11.7 Å². The highest BCUT2D eigenvalue weighted by atomic mass is 32.1. The molecule has 0 bridgehead atoms. The Kier molecular flexibility index (Phi) is 4.23. The second kappa shape index (κ2) is 5.75. The number of nitrogen functional groups attached to an aromatic ring is 1. The zero-order valence-corrected chi connectivity index (χ0v) is 11.7. The molecule has 2 aromatic rings. The van der Waals surface area contributed by atoms with Crippen LogP contribution in [0.25, 0.3) is 0 Å². The van der Waals surface area contributed by atoms with Gasteiger partial charge in [-0.25, -0.2) is 0 Å². The largest absolute Gasteiger partial charge is 0.416 e. The lowest BCUT2D eigenvalue weighted by molar-refractivity contribution is -0.137. The van der Waals surface area contributed by atoms with E-state index in [0.717, 1.165) is 23.4 Å². The third-order valence-corrected chi connectivity index (χ3v) is 4.13. The zero-order chi connectivity index (χ0) is 14.8. The predicted octanol–water partition coefficient (Wildman–Crippen LogP) is 4.52. The summed E-state index contributed by atoms with van der Waals surface area (Å²) in [5.74, 6) is 0. The van der Waals surface area contributed by atoms with Gasteiger partial charge in [0.15, 0.2) is 0 Å². The van der Waals surface area contributed by atoms with Crippen LogP contribution in [-0.2, 0) is 19.1 Å². The molecule has 0 saturated carbocycles. The molecule has 2 rings (SSSR count). The average molecular weight is 300 g/mol. The van der Waals surface area contributed by atoms with Gasteiger partial charge in [0.2, 0.25) is 0 Å².